The summed E-state index contributed by atoms with van der Waals surface area (Å²) < 4.78 is 0. The molecular weight excluding hydrogens is 313 g/mol. The van der Waals surface area contributed by atoms with Crippen LogP contribution in [0.1, 0.15) is 22.3 Å². The number of nitrogens with two attached hydrogens (primary N) is 1. The first-order valence-corrected chi connectivity index (χ1v) is 7.91. The Hall–Kier alpha value is -0.650. The first-order chi connectivity index (χ1) is 9.52. The van der Waals surface area contributed by atoms with Gasteiger partial charge in [-0.15, -0.1) is 11.3 Å². The van der Waals surface area contributed by atoms with Crippen molar-refractivity contribution in [2.75, 3.05) is 13.6 Å². The van der Waals surface area contributed by atoms with E-state index >= 15 is 0 Å². The van der Waals surface area contributed by atoms with E-state index in [-0.39, 0.29) is 6.04 Å². The Bertz CT molecular complexity index is 565. The van der Waals surface area contributed by atoms with E-state index in [1.165, 1.54) is 0 Å². The standard InChI is InChI=1S/C14H17Cl2N3S/c1-9-18-10(8-20-9)7-19(2)13(6-17)14-11(15)4-3-5-12(14)16/h3-5,8,13H,6-7,17H2,1-2H3. The highest BCUT2D eigenvalue weighted by Gasteiger charge is 2.21. The third kappa shape index (κ3) is 3.51. The summed E-state index contributed by atoms with van der Waals surface area (Å²) in [7, 11) is 2.01. The number of nitrogens with zero attached hydrogens (tertiary/aromatic N) is 2. The molecular formula is C14H17Cl2N3S. The average molecular weight is 330 g/mol. The molecule has 3 nitrogen and oxygen atoms in total. The maximum absolute atomic E-state index is 6.27. The predicted molar refractivity (Wildman–Crippen MR) is 86.6 cm³/mol. The molecule has 1 unspecified atom stereocenters. The minimum Gasteiger partial charge on any atom is -0.329 e. The summed E-state index contributed by atoms with van der Waals surface area (Å²) in [4.78, 5) is 6.60. The van der Waals surface area contributed by atoms with Gasteiger partial charge in [-0.05, 0) is 26.1 Å². The molecule has 0 fully saturated rings. The van der Waals surface area contributed by atoms with Gasteiger partial charge in [0.15, 0.2) is 0 Å². The molecule has 20 heavy (non-hydrogen) atoms. The van der Waals surface area contributed by atoms with Crippen molar-refractivity contribution in [3.63, 3.8) is 0 Å². The van der Waals surface area contributed by atoms with E-state index in [4.69, 9.17) is 28.9 Å². The fourth-order valence-electron chi connectivity index (χ4n) is 2.19. The first kappa shape index (κ1) is 15.7. The van der Waals surface area contributed by atoms with Gasteiger partial charge in [0.1, 0.15) is 0 Å². The topological polar surface area (TPSA) is 42.2 Å². The second-order valence-electron chi connectivity index (χ2n) is 4.66. The Labute approximate surface area is 133 Å². The highest BCUT2D eigenvalue weighted by molar-refractivity contribution is 7.09. The molecule has 0 radical (unpaired) electrons. The number of benzene rings is 1. The summed E-state index contributed by atoms with van der Waals surface area (Å²) in [6.45, 7) is 3.16. The van der Waals surface area contributed by atoms with Crippen LogP contribution in [0.3, 0.4) is 0 Å². The highest BCUT2D eigenvalue weighted by atomic mass is 35.5. The maximum atomic E-state index is 6.27. The van der Waals surface area contributed by atoms with Gasteiger partial charge in [0.05, 0.1) is 16.7 Å². The molecule has 1 heterocycles. The molecule has 2 N–H and O–H groups in total. The number of halogens is 2. The number of hydrogen-bond donors (Lipinski definition) is 1. The van der Waals surface area contributed by atoms with Crippen LogP contribution in [0.15, 0.2) is 23.6 Å². The third-order valence-electron chi connectivity index (χ3n) is 3.17. The number of likely N-dealkylation sites (N-methyl/N-ethyl adjacent to an activating group) is 1. The molecule has 1 atom stereocenters. The van der Waals surface area contributed by atoms with Crippen molar-refractivity contribution in [3.8, 4) is 0 Å². The molecule has 0 amide bonds. The van der Waals surface area contributed by atoms with Crippen molar-refractivity contribution in [1.29, 1.82) is 0 Å². The smallest absolute Gasteiger partial charge is 0.0897 e. The van der Waals surface area contributed by atoms with Crippen LogP contribution in [0.4, 0.5) is 0 Å². The van der Waals surface area contributed by atoms with E-state index < -0.39 is 0 Å². The van der Waals surface area contributed by atoms with Crippen molar-refractivity contribution >= 4 is 34.5 Å². The van der Waals surface area contributed by atoms with E-state index in [1.54, 1.807) is 11.3 Å². The number of aryl methyl sites for hydroxylation is 1. The van der Waals surface area contributed by atoms with Crippen LogP contribution in [0.5, 0.6) is 0 Å². The molecule has 6 heteroatoms. The van der Waals surface area contributed by atoms with Gasteiger partial charge in [-0.3, -0.25) is 4.90 Å². The summed E-state index contributed by atoms with van der Waals surface area (Å²) in [6, 6.07) is 5.49. The molecule has 0 spiro atoms. The maximum Gasteiger partial charge on any atom is 0.0897 e. The Kier molecular flexibility index (Phi) is 5.41. The zero-order valence-corrected chi connectivity index (χ0v) is 13.8. The second kappa shape index (κ2) is 6.87. The van der Waals surface area contributed by atoms with Crippen LogP contribution in [0.25, 0.3) is 0 Å². The van der Waals surface area contributed by atoms with Crippen LogP contribution in [-0.4, -0.2) is 23.5 Å². The van der Waals surface area contributed by atoms with Crippen LogP contribution in [0.2, 0.25) is 10.0 Å². The van der Waals surface area contributed by atoms with Crippen LogP contribution < -0.4 is 5.73 Å². The molecule has 0 aliphatic rings. The zero-order valence-electron chi connectivity index (χ0n) is 11.4. The van der Waals surface area contributed by atoms with Crippen molar-refractivity contribution in [2.45, 2.75) is 19.5 Å². The van der Waals surface area contributed by atoms with Crippen LogP contribution in [-0.2, 0) is 6.54 Å². The van der Waals surface area contributed by atoms with Gasteiger partial charge in [-0.25, -0.2) is 4.98 Å². The highest BCUT2D eigenvalue weighted by Crippen LogP contribution is 2.33. The number of aromatic nitrogens is 1. The second-order valence-corrected chi connectivity index (χ2v) is 6.54. The predicted octanol–water partition coefficient (Wildman–Crippen LogP) is 3.89. The Balaban J connectivity index is 2.23. The van der Waals surface area contributed by atoms with Gasteiger partial charge in [0.2, 0.25) is 0 Å². The van der Waals surface area contributed by atoms with E-state index in [2.05, 4.69) is 15.3 Å². The Morgan fingerprint density at radius 1 is 1.35 bits per heavy atom. The molecule has 0 saturated carbocycles. The van der Waals surface area contributed by atoms with Gasteiger partial charge in [0.25, 0.3) is 0 Å². The van der Waals surface area contributed by atoms with E-state index in [0.717, 1.165) is 16.3 Å². The summed E-state index contributed by atoms with van der Waals surface area (Å²) in [5, 5.41) is 4.42. The van der Waals surface area contributed by atoms with Gasteiger partial charge in [0, 0.05) is 34.1 Å². The van der Waals surface area contributed by atoms with E-state index in [1.807, 2.05) is 32.2 Å². The monoisotopic (exact) mass is 329 g/mol. The molecule has 2 aromatic rings. The molecule has 1 aromatic carbocycles. The van der Waals surface area contributed by atoms with Gasteiger partial charge in [-0.1, -0.05) is 29.3 Å². The fraction of sp³-hybridized carbons (Fsp3) is 0.357. The molecule has 0 saturated heterocycles. The lowest BCUT2D eigenvalue weighted by Gasteiger charge is -2.28. The Morgan fingerprint density at radius 2 is 2.00 bits per heavy atom. The molecule has 0 bridgehead atoms. The quantitative estimate of drug-likeness (QED) is 0.904. The SMILES string of the molecule is Cc1nc(CN(C)C(CN)c2c(Cl)cccc2Cl)cs1. The van der Waals surface area contributed by atoms with Gasteiger partial charge in [-0.2, -0.15) is 0 Å². The minimum absolute atomic E-state index is 0.0294. The van der Waals surface area contributed by atoms with Crippen molar-refractivity contribution in [1.82, 2.24) is 9.88 Å². The van der Waals surface area contributed by atoms with E-state index in [0.29, 0.717) is 23.1 Å². The molecule has 108 valence electrons. The number of hydrogen-bond acceptors (Lipinski definition) is 4. The summed E-state index contributed by atoms with van der Waals surface area (Å²) >= 11 is 14.2. The minimum atomic E-state index is -0.0294. The molecule has 0 aliphatic heterocycles. The molecule has 2 rings (SSSR count). The lowest BCUT2D eigenvalue weighted by molar-refractivity contribution is 0.239. The average Bonchev–Trinajstić information content (AvgIpc) is 2.79. The van der Waals surface area contributed by atoms with Crippen molar-refractivity contribution in [2.24, 2.45) is 5.73 Å². The van der Waals surface area contributed by atoms with E-state index in [9.17, 15) is 0 Å². The normalized spacial score (nSPS) is 12.9. The lowest BCUT2D eigenvalue weighted by Crippen LogP contribution is -2.30. The molecule has 1 aromatic heterocycles. The van der Waals surface area contributed by atoms with Crippen LogP contribution >= 0.6 is 34.5 Å². The number of thiazole rings is 1. The van der Waals surface area contributed by atoms with Gasteiger partial charge >= 0.3 is 0 Å². The third-order valence-corrected chi connectivity index (χ3v) is 4.65. The largest absolute Gasteiger partial charge is 0.329 e. The fourth-order valence-corrected chi connectivity index (χ4v) is 3.45. The summed E-state index contributed by atoms with van der Waals surface area (Å²) in [6.07, 6.45) is 0. The summed E-state index contributed by atoms with van der Waals surface area (Å²) in [5.74, 6) is 0. The van der Waals surface area contributed by atoms with Gasteiger partial charge < -0.3 is 5.73 Å². The van der Waals surface area contributed by atoms with Crippen molar-refractivity contribution < 1.29 is 0 Å². The number of rotatable bonds is 5. The first-order valence-electron chi connectivity index (χ1n) is 6.28. The lowest BCUT2D eigenvalue weighted by atomic mass is 10.1. The zero-order chi connectivity index (χ0) is 14.7. The van der Waals surface area contributed by atoms with Crippen molar-refractivity contribution in [3.05, 3.63) is 49.9 Å². The summed E-state index contributed by atoms with van der Waals surface area (Å²) in [5.41, 5.74) is 7.85. The van der Waals surface area contributed by atoms with Crippen LogP contribution in [0, 0.1) is 6.92 Å². The molecule has 0 aliphatic carbocycles. The Morgan fingerprint density at radius 3 is 2.50 bits per heavy atom.